The minimum atomic E-state index is -3.67. The van der Waals surface area contributed by atoms with E-state index in [-0.39, 0.29) is 0 Å². The van der Waals surface area contributed by atoms with Gasteiger partial charge in [-0.2, -0.15) is 0 Å². The third-order valence-corrected chi connectivity index (χ3v) is 0. The predicted molar refractivity (Wildman–Crippen MR) is 29.9 cm³/mol. The summed E-state index contributed by atoms with van der Waals surface area (Å²) in [4.78, 5) is 0. The fraction of sp³-hybridized carbons (Fsp3) is 1.00. The third-order valence-electron chi connectivity index (χ3n) is 0. The largest absolute Gasteiger partial charge is 0.762 e. The predicted octanol–water partition coefficient (Wildman–Crippen LogP) is 1.86. The topological polar surface area (TPSA) is 0 Å². The van der Waals surface area contributed by atoms with E-state index in [1.54, 1.807) is 0 Å². The Morgan fingerprint density at radius 2 is 1.25 bits per heavy atom. The van der Waals surface area contributed by atoms with Gasteiger partial charge in [0.25, 0.3) is 0 Å². The molecule has 0 rings (SSSR count). The molecule has 0 saturated heterocycles. The van der Waals surface area contributed by atoms with Crippen LogP contribution in [0.3, 0.4) is 0 Å². The van der Waals surface area contributed by atoms with E-state index in [2.05, 4.69) is 13.8 Å². The van der Waals surface area contributed by atoms with Crippen LogP contribution in [0, 0.1) is 0 Å². The van der Waals surface area contributed by atoms with E-state index in [1.807, 2.05) is 0 Å². The number of halogens is 3. The molecule has 0 spiro atoms. The van der Waals surface area contributed by atoms with Crippen molar-refractivity contribution in [3.05, 3.63) is 0 Å². The van der Waals surface area contributed by atoms with E-state index in [9.17, 15) is 12.9 Å². The SMILES string of the molecule is C[CH](C)[K].FB(F)F. The summed E-state index contributed by atoms with van der Waals surface area (Å²) in [7, 11) is -3.67. The molecule has 0 aromatic carbocycles. The summed E-state index contributed by atoms with van der Waals surface area (Å²) in [6.07, 6.45) is 0. The molecule has 0 aliphatic rings. The van der Waals surface area contributed by atoms with Gasteiger partial charge in [-0.1, -0.05) is 0 Å². The molecule has 0 heterocycles. The van der Waals surface area contributed by atoms with Gasteiger partial charge in [0.15, 0.2) is 0 Å². The fourth-order valence-corrected chi connectivity index (χ4v) is 0. The molecule has 0 radical (unpaired) electrons. The Bertz CT molecular complexity index is 30.0. The molecule has 0 atom stereocenters. The molecule has 0 bridgehead atoms. The van der Waals surface area contributed by atoms with Crippen LogP contribution in [-0.4, -0.2) is 56.5 Å². The second-order valence-corrected chi connectivity index (χ2v) is 5.59. The molecule has 0 aromatic heterocycles. The summed E-state index contributed by atoms with van der Waals surface area (Å²) < 4.78 is 30.0. The number of rotatable bonds is 0. The van der Waals surface area contributed by atoms with Crippen LogP contribution < -0.4 is 0 Å². The van der Waals surface area contributed by atoms with Gasteiger partial charge in [-0.25, -0.2) is 0 Å². The summed E-state index contributed by atoms with van der Waals surface area (Å²) in [5, 5.41) is 0. The Balaban J connectivity index is 0. The molecule has 0 nitrogen and oxygen atoms in total. The molecule has 0 unspecified atom stereocenters. The Kier molecular flexibility index (Phi) is 12.9. The molecule has 0 saturated carbocycles. The van der Waals surface area contributed by atoms with Crippen LogP contribution in [0.25, 0.3) is 0 Å². The van der Waals surface area contributed by atoms with Crippen molar-refractivity contribution in [2.24, 2.45) is 0 Å². The van der Waals surface area contributed by atoms with Gasteiger partial charge >= 0.3 is 70.4 Å². The zero-order valence-corrected chi connectivity index (χ0v) is 8.41. The molecule has 8 heavy (non-hydrogen) atoms. The molecule has 0 amide bonds. The van der Waals surface area contributed by atoms with Crippen LogP contribution in [0.4, 0.5) is 12.9 Å². The standard InChI is InChI=1S/C3H7.BF3.K/c1-3-2;2-1(3)4;/h3H,1-2H3;;. The van der Waals surface area contributed by atoms with Crippen molar-refractivity contribution in [1.29, 1.82) is 0 Å². The van der Waals surface area contributed by atoms with Gasteiger partial charge in [0.05, 0.1) is 0 Å². The van der Waals surface area contributed by atoms with Gasteiger partial charge < -0.3 is 0 Å². The molecular formula is C3H7BF3K. The zero-order chi connectivity index (χ0) is 7.15. The van der Waals surface area contributed by atoms with Gasteiger partial charge in [0.1, 0.15) is 0 Å². The Labute approximate surface area is 82.0 Å². The van der Waals surface area contributed by atoms with Crippen LogP contribution in [0.1, 0.15) is 13.8 Å². The summed E-state index contributed by atoms with van der Waals surface area (Å²) in [6.45, 7) is 4.50. The zero-order valence-electron chi connectivity index (χ0n) is 5.29. The Hall–Kier alpha value is 1.49. The summed E-state index contributed by atoms with van der Waals surface area (Å²) in [6, 6.07) is 0. The second kappa shape index (κ2) is 8.49. The van der Waals surface area contributed by atoms with Crippen molar-refractivity contribution < 1.29 is 12.9 Å². The molecule has 0 fully saturated rings. The van der Waals surface area contributed by atoms with Gasteiger partial charge in [-0.15, -0.1) is 0 Å². The van der Waals surface area contributed by atoms with E-state index < -0.39 is 7.54 Å². The van der Waals surface area contributed by atoms with Gasteiger partial charge in [-0.05, 0) is 0 Å². The molecule has 0 aliphatic carbocycles. The van der Waals surface area contributed by atoms with Gasteiger partial charge in [0, 0.05) is 0 Å². The Morgan fingerprint density at radius 1 is 1.25 bits per heavy atom. The minimum absolute atomic E-state index is 1.02. The molecule has 0 aliphatic heterocycles. The monoisotopic (exact) mass is 150 g/mol. The van der Waals surface area contributed by atoms with Crippen molar-refractivity contribution in [2.45, 2.75) is 13.9 Å². The van der Waals surface area contributed by atoms with E-state index in [0.29, 0.717) is 0 Å². The summed E-state index contributed by atoms with van der Waals surface area (Å²) in [5.74, 6) is 0. The average molecular weight is 150 g/mol. The Morgan fingerprint density at radius 3 is 1.25 bits per heavy atom. The molecule has 0 aromatic rings. The maximum atomic E-state index is 9.67. The number of hydrogen-bond acceptors (Lipinski definition) is 0. The van der Waals surface area contributed by atoms with Crippen LogP contribution >= 0.6 is 0 Å². The molecule has 44 valence electrons. The van der Waals surface area contributed by atoms with Crippen LogP contribution in [0.15, 0.2) is 0 Å². The number of hydrogen-bond donors (Lipinski definition) is 0. The van der Waals surface area contributed by atoms with Crippen LogP contribution in [-0.2, 0) is 0 Å². The van der Waals surface area contributed by atoms with Crippen LogP contribution in [0.2, 0.25) is 0.0125 Å². The molecule has 5 heteroatoms. The van der Waals surface area contributed by atoms with Crippen molar-refractivity contribution in [3.63, 3.8) is 0 Å². The smallest absolute Gasteiger partial charge is 0.254 e. The van der Waals surface area contributed by atoms with E-state index in [1.165, 1.54) is 0 Å². The first-order chi connectivity index (χ1) is 3.46. The van der Waals surface area contributed by atoms with Crippen molar-refractivity contribution in [1.82, 2.24) is 0 Å². The minimum Gasteiger partial charge on any atom is -0.254 e. The fourth-order valence-electron chi connectivity index (χ4n) is 0. The van der Waals surface area contributed by atoms with Gasteiger partial charge in [-0.3, -0.25) is 12.9 Å². The average Bonchev–Trinajstić information content (AvgIpc) is 1.25. The van der Waals surface area contributed by atoms with E-state index >= 15 is 0 Å². The first-order valence-corrected chi connectivity index (χ1v) is 4.19. The first-order valence-electron chi connectivity index (χ1n) is 2.39. The summed E-state index contributed by atoms with van der Waals surface area (Å²) >= 11 is 1.06. The van der Waals surface area contributed by atoms with E-state index in [0.717, 1.165) is 49.0 Å². The quantitative estimate of drug-likeness (QED) is 0.462. The maximum absolute atomic E-state index is 9.67. The van der Waals surface area contributed by atoms with E-state index in [4.69, 9.17) is 0 Å². The molecule has 0 N–H and O–H groups in total. The van der Waals surface area contributed by atoms with Crippen molar-refractivity contribution in [3.8, 4) is 0 Å². The first kappa shape index (κ1) is 12.2. The van der Waals surface area contributed by atoms with Crippen molar-refractivity contribution >= 4 is 56.5 Å². The second-order valence-electron chi connectivity index (χ2n) is 1.98. The van der Waals surface area contributed by atoms with Crippen LogP contribution in [0.5, 0.6) is 0 Å². The molecular weight excluding hydrogens is 143 g/mol. The third kappa shape index (κ3) is 142. The summed E-state index contributed by atoms with van der Waals surface area (Å²) in [5.41, 5.74) is 0. The maximum Gasteiger partial charge on any atom is 0.762 e. The van der Waals surface area contributed by atoms with Crippen molar-refractivity contribution in [2.75, 3.05) is 0 Å². The van der Waals surface area contributed by atoms with Gasteiger partial charge in [0.2, 0.25) is 0 Å². The normalized spacial score (nSPS) is 8.00.